The molecular formula is C17H26N4O2. The summed E-state index contributed by atoms with van der Waals surface area (Å²) in [6, 6.07) is 7.70. The van der Waals surface area contributed by atoms with Crippen molar-refractivity contribution < 1.29 is 4.92 Å². The summed E-state index contributed by atoms with van der Waals surface area (Å²) in [5.74, 6) is 0. The highest BCUT2D eigenvalue weighted by Gasteiger charge is 2.26. The van der Waals surface area contributed by atoms with E-state index in [1.165, 1.54) is 39.0 Å². The van der Waals surface area contributed by atoms with Crippen LogP contribution in [0.5, 0.6) is 0 Å². The van der Waals surface area contributed by atoms with Crippen LogP contribution in [-0.4, -0.2) is 72.0 Å². The molecule has 0 amide bonds. The van der Waals surface area contributed by atoms with Crippen molar-refractivity contribution in [2.75, 3.05) is 46.3 Å². The van der Waals surface area contributed by atoms with Gasteiger partial charge in [-0.3, -0.25) is 19.9 Å². The molecular weight excluding hydrogens is 292 g/mol. The Balaban J connectivity index is 1.46. The van der Waals surface area contributed by atoms with Gasteiger partial charge in [0.1, 0.15) is 0 Å². The molecule has 3 rings (SSSR count). The molecule has 2 fully saturated rings. The highest BCUT2D eigenvalue weighted by Crippen LogP contribution is 2.20. The quantitative estimate of drug-likeness (QED) is 0.626. The fraction of sp³-hybridized carbons (Fsp3) is 0.647. The number of benzene rings is 1. The normalized spacial score (nSPS) is 22.3. The van der Waals surface area contributed by atoms with E-state index in [1.807, 2.05) is 12.1 Å². The number of nitro groups is 1. The van der Waals surface area contributed by atoms with Crippen molar-refractivity contribution in [2.45, 2.75) is 25.4 Å². The second kappa shape index (κ2) is 7.38. The maximum atomic E-state index is 10.7. The maximum absolute atomic E-state index is 10.7. The molecule has 0 spiro atoms. The largest absolute Gasteiger partial charge is 0.304 e. The first kappa shape index (κ1) is 16.4. The van der Waals surface area contributed by atoms with Crippen LogP contribution >= 0.6 is 0 Å². The van der Waals surface area contributed by atoms with Crippen LogP contribution in [0.15, 0.2) is 24.3 Å². The van der Waals surface area contributed by atoms with E-state index in [9.17, 15) is 10.1 Å². The Labute approximate surface area is 137 Å². The van der Waals surface area contributed by atoms with Crippen LogP contribution in [0.1, 0.15) is 18.4 Å². The number of likely N-dealkylation sites (N-methyl/N-ethyl adjacent to an activating group) is 1. The highest BCUT2D eigenvalue weighted by molar-refractivity contribution is 5.32. The molecule has 6 heteroatoms. The highest BCUT2D eigenvalue weighted by atomic mass is 16.6. The van der Waals surface area contributed by atoms with E-state index in [4.69, 9.17) is 0 Å². The summed E-state index contributed by atoms with van der Waals surface area (Å²) < 4.78 is 0. The van der Waals surface area contributed by atoms with Crippen LogP contribution in [0, 0.1) is 10.1 Å². The standard InChI is InChI=1S/C17H26N4O2/c1-18-10-12-20(13-11-18)16-6-8-19(9-7-16)14-15-2-4-17(5-3-15)21(22)23/h2-5,16H,6-14H2,1H3. The molecule has 0 atom stereocenters. The molecule has 0 bridgehead atoms. The Morgan fingerprint density at radius 1 is 1.04 bits per heavy atom. The topological polar surface area (TPSA) is 52.9 Å². The molecule has 2 aliphatic heterocycles. The summed E-state index contributed by atoms with van der Waals surface area (Å²) in [5.41, 5.74) is 1.33. The smallest absolute Gasteiger partial charge is 0.269 e. The summed E-state index contributed by atoms with van der Waals surface area (Å²) in [6.07, 6.45) is 2.47. The monoisotopic (exact) mass is 318 g/mol. The molecule has 2 aliphatic rings. The minimum atomic E-state index is -0.342. The van der Waals surface area contributed by atoms with Gasteiger partial charge in [0, 0.05) is 50.9 Å². The fourth-order valence-electron chi connectivity index (χ4n) is 3.61. The van der Waals surface area contributed by atoms with Crippen molar-refractivity contribution >= 4 is 5.69 Å². The number of nitrogens with zero attached hydrogens (tertiary/aromatic N) is 4. The lowest BCUT2D eigenvalue weighted by Crippen LogP contribution is -2.52. The molecule has 2 heterocycles. The number of piperazine rings is 1. The van der Waals surface area contributed by atoms with E-state index in [0.29, 0.717) is 0 Å². The van der Waals surface area contributed by atoms with E-state index in [2.05, 4.69) is 21.7 Å². The van der Waals surface area contributed by atoms with Crippen LogP contribution in [0.3, 0.4) is 0 Å². The Bertz CT molecular complexity index is 518. The van der Waals surface area contributed by atoms with Crippen molar-refractivity contribution in [3.05, 3.63) is 39.9 Å². The van der Waals surface area contributed by atoms with E-state index in [0.717, 1.165) is 31.2 Å². The lowest BCUT2D eigenvalue weighted by molar-refractivity contribution is -0.384. The van der Waals surface area contributed by atoms with Gasteiger partial charge in [-0.05, 0) is 38.5 Å². The Kier molecular flexibility index (Phi) is 5.25. The molecule has 1 aromatic rings. The summed E-state index contributed by atoms with van der Waals surface area (Å²) >= 11 is 0. The second-order valence-corrected chi connectivity index (χ2v) is 6.77. The minimum absolute atomic E-state index is 0.169. The molecule has 23 heavy (non-hydrogen) atoms. The lowest BCUT2D eigenvalue weighted by Gasteiger charge is -2.42. The molecule has 0 saturated carbocycles. The van der Waals surface area contributed by atoms with Gasteiger partial charge in [-0.2, -0.15) is 0 Å². The molecule has 126 valence electrons. The average molecular weight is 318 g/mol. The lowest BCUT2D eigenvalue weighted by atomic mass is 10.0. The molecule has 0 radical (unpaired) electrons. The van der Waals surface area contributed by atoms with Gasteiger partial charge in [0.2, 0.25) is 0 Å². The van der Waals surface area contributed by atoms with Crippen molar-refractivity contribution in [1.29, 1.82) is 0 Å². The first-order valence-corrected chi connectivity index (χ1v) is 8.50. The molecule has 0 aromatic heterocycles. The zero-order chi connectivity index (χ0) is 16.2. The van der Waals surface area contributed by atoms with Crippen molar-refractivity contribution in [3.8, 4) is 0 Å². The van der Waals surface area contributed by atoms with E-state index in [-0.39, 0.29) is 10.6 Å². The number of piperidine rings is 1. The van der Waals surface area contributed by atoms with Crippen molar-refractivity contribution in [3.63, 3.8) is 0 Å². The van der Waals surface area contributed by atoms with Crippen molar-refractivity contribution in [1.82, 2.24) is 14.7 Å². The van der Waals surface area contributed by atoms with Crippen LogP contribution in [0.25, 0.3) is 0 Å². The van der Waals surface area contributed by atoms with Crippen LogP contribution < -0.4 is 0 Å². The van der Waals surface area contributed by atoms with Gasteiger partial charge in [-0.25, -0.2) is 0 Å². The van der Waals surface area contributed by atoms with Gasteiger partial charge in [-0.15, -0.1) is 0 Å². The SMILES string of the molecule is CN1CCN(C2CCN(Cc3ccc([N+](=O)[O-])cc3)CC2)CC1. The predicted molar refractivity (Wildman–Crippen MR) is 90.5 cm³/mol. The maximum Gasteiger partial charge on any atom is 0.269 e. The summed E-state index contributed by atoms with van der Waals surface area (Å²) in [5, 5.41) is 10.7. The molecule has 0 aliphatic carbocycles. The molecule has 1 aromatic carbocycles. The summed E-state index contributed by atoms with van der Waals surface area (Å²) in [7, 11) is 2.20. The molecule has 6 nitrogen and oxygen atoms in total. The predicted octanol–water partition coefficient (Wildman–Crippen LogP) is 1.81. The van der Waals surface area contributed by atoms with Gasteiger partial charge < -0.3 is 4.90 Å². The number of rotatable bonds is 4. The second-order valence-electron chi connectivity index (χ2n) is 6.77. The van der Waals surface area contributed by atoms with E-state index >= 15 is 0 Å². The number of hydrogen-bond acceptors (Lipinski definition) is 5. The molecule has 2 saturated heterocycles. The number of non-ortho nitro benzene ring substituents is 1. The molecule has 0 N–H and O–H groups in total. The Hall–Kier alpha value is -1.50. The van der Waals surface area contributed by atoms with Gasteiger partial charge in [0.05, 0.1) is 4.92 Å². The zero-order valence-corrected chi connectivity index (χ0v) is 13.9. The summed E-state index contributed by atoms with van der Waals surface area (Å²) in [4.78, 5) is 17.9. The Morgan fingerprint density at radius 2 is 1.65 bits per heavy atom. The third-order valence-corrected chi connectivity index (χ3v) is 5.16. The van der Waals surface area contributed by atoms with Crippen LogP contribution in [0.4, 0.5) is 5.69 Å². The molecule has 0 unspecified atom stereocenters. The third kappa shape index (κ3) is 4.28. The fourth-order valence-corrected chi connectivity index (χ4v) is 3.61. The van der Waals surface area contributed by atoms with Crippen molar-refractivity contribution in [2.24, 2.45) is 0 Å². The zero-order valence-electron chi connectivity index (χ0n) is 13.9. The number of nitro benzene ring substituents is 1. The first-order chi connectivity index (χ1) is 11.1. The average Bonchev–Trinajstić information content (AvgIpc) is 2.57. The number of likely N-dealkylation sites (tertiary alicyclic amines) is 1. The van der Waals surface area contributed by atoms with Crippen LogP contribution in [0.2, 0.25) is 0 Å². The first-order valence-electron chi connectivity index (χ1n) is 8.50. The van der Waals surface area contributed by atoms with Gasteiger partial charge in [0.15, 0.2) is 0 Å². The van der Waals surface area contributed by atoms with E-state index in [1.54, 1.807) is 12.1 Å². The van der Waals surface area contributed by atoms with Gasteiger partial charge in [0.25, 0.3) is 5.69 Å². The third-order valence-electron chi connectivity index (χ3n) is 5.16. The van der Waals surface area contributed by atoms with E-state index < -0.39 is 0 Å². The minimum Gasteiger partial charge on any atom is -0.304 e. The number of hydrogen-bond donors (Lipinski definition) is 0. The Morgan fingerprint density at radius 3 is 2.22 bits per heavy atom. The van der Waals surface area contributed by atoms with Gasteiger partial charge >= 0.3 is 0 Å². The summed E-state index contributed by atoms with van der Waals surface area (Å²) in [6.45, 7) is 7.90. The van der Waals surface area contributed by atoms with Crippen LogP contribution in [-0.2, 0) is 6.54 Å². The van der Waals surface area contributed by atoms with Gasteiger partial charge in [-0.1, -0.05) is 12.1 Å².